The fourth-order valence-electron chi connectivity index (χ4n) is 5.53. The number of aryl methyl sites for hydroxylation is 2. The molecule has 7 heteroatoms. The van der Waals surface area contributed by atoms with Crippen LogP contribution in [0.1, 0.15) is 22.9 Å². The second-order valence-electron chi connectivity index (χ2n) is 9.89. The van der Waals surface area contributed by atoms with Gasteiger partial charge in [0, 0.05) is 39.4 Å². The molecule has 5 aromatic rings. The van der Waals surface area contributed by atoms with E-state index in [1.165, 1.54) is 4.57 Å². The minimum atomic E-state index is -0.345. The smallest absolute Gasteiger partial charge is 0.331 e. The van der Waals surface area contributed by atoms with Crippen molar-refractivity contribution in [2.24, 2.45) is 14.1 Å². The molecule has 3 heterocycles. The van der Waals surface area contributed by atoms with Crippen LogP contribution in [0, 0.1) is 6.92 Å². The molecule has 0 unspecified atom stereocenters. The van der Waals surface area contributed by atoms with E-state index in [1.54, 1.807) is 18.7 Å². The number of fused-ring (bicyclic) bond motifs is 5. The minimum Gasteiger partial charge on any atom is -0.378 e. The van der Waals surface area contributed by atoms with Crippen molar-refractivity contribution < 1.29 is 0 Å². The van der Waals surface area contributed by atoms with Crippen LogP contribution >= 0.6 is 0 Å². The molecule has 6 rings (SSSR count). The molecule has 1 aliphatic heterocycles. The highest BCUT2D eigenvalue weighted by Gasteiger charge is 2.35. The van der Waals surface area contributed by atoms with Crippen LogP contribution in [0.15, 0.2) is 82.4 Å². The minimum absolute atomic E-state index is 0.274. The van der Waals surface area contributed by atoms with Gasteiger partial charge in [0.2, 0.25) is 0 Å². The Kier molecular flexibility index (Phi) is 5.12. The normalized spacial score (nSPS) is 14.2. The molecule has 186 valence electrons. The molecule has 1 N–H and O–H groups in total. The number of hydrogen-bond donors (Lipinski definition) is 1. The van der Waals surface area contributed by atoms with Crippen LogP contribution in [-0.2, 0) is 14.1 Å². The molecule has 3 aromatic carbocycles. The third-order valence-corrected chi connectivity index (χ3v) is 7.47. The zero-order chi connectivity index (χ0) is 26.0. The zero-order valence-electron chi connectivity index (χ0n) is 21.6. The predicted octanol–water partition coefficient (Wildman–Crippen LogP) is 4.58. The highest BCUT2D eigenvalue weighted by molar-refractivity contribution is 5.99. The van der Waals surface area contributed by atoms with Gasteiger partial charge >= 0.3 is 5.69 Å². The Labute approximate surface area is 214 Å². The topological polar surface area (TPSA) is 64.2 Å². The summed E-state index contributed by atoms with van der Waals surface area (Å²) in [4.78, 5) is 29.1. The van der Waals surface area contributed by atoms with E-state index in [1.807, 2.05) is 44.4 Å². The van der Waals surface area contributed by atoms with Gasteiger partial charge in [0.15, 0.2) is 0 Å². The Hall–Kier alpha value is -4.52. The maximum atomic E-state index is 13.8. The largest absolute Gasteiger partial charge is 0.378 e. The molecule has 0 saturated carbocycles. The standard InChI is InChI=1S/C30H29N5O2/c1-18-10-6-7-11-21(18)26-24-27(33(4)30(37)34(5)29(24)36)28-25(19-14-16-20(17-15-19)32(2)3)31-22-12-8-9-13-23(22)35(26)28/h6-17,25,31H,1-5H3/t25-/m0/s1. The van der Waals surface area contributed by atoms with E-state index >= 15 is 0 Å². The van der Waals surface area contributed by atoms with E-state index in [-0.39, 0.29) is 17.3 Å². The van der Waals surface area contributed by atoms with Gasteiger partial charge in [-0.3, -0.25) is 13.9 Å². The van der Waals surface area contributed by atoms with E-state index in [4.69, 9.17) is 0 Å². The van der Waals surface area contributed by atoms with Gasteiger partial charge in [-0.25, -0.2) is 4.79 Å². The molecule has 0 bridgehead atoms. The average molecular weight is 492 g/mol. The van der Waals surface area contributed by atoms with Crippen molar-refractivity contribution in [3.63, 3.8) is 0 Å². The Morgan fingerprint density at radius 3 is 2.22 bits per heavy atom. The van der Waals surface area contributed by atoms with Crippen LogP contribution in [0.3, 0.4) is 0 Å². The fraction of sp³-hybridized carbons (Fsp3) is 0.200. The molecular weight excluding hydrogens is 462 g/mol. The summed E-state index contributed by atoms with van der Waals surface area (Å²) in [6, 6.07) is 24.3. The summed E-state index contributed by atoms with van der Waals surface area (Å²) in [6.45, 7) is 2.05. The van der Waals surface area contributed by atoms with E-state index in [9.17, 15) is 9.59 Å². The molecule has 1 aliphatic rings. The summed E-state index contributed by atoms with van der Waals surface area (Å²) >= 11 is 0. The van der Waals surface area contributed by atoms with Gasteiger partial charge < -0.3 is 14.8 Å². The summed E-state index contributed by atoms with van der Waals surface area (Å²) in [7, 11) is 7.33. The molecule has 0 aliphatic carbocycles. The molecule has 2 aromatic heterocycles. The van der Waals surface area contributed by atoms with Gasteiger partial charge in [0.1, 0.15) is 0 Å². The maximum absolute atomic E-state index is 13.8. The molecule has 0 radical (unpaired) electrons. The van der Waals surface area contributed by atoms with Crippen molar-refractivity contribution in [2.75, 3.05) is 24.3 Å². The number of anilines is 2. The van der Waals surface area contributed by atoms with Gasteiger partial charge in [-0.2, -0.15) is 0 Å². The van der Waals surface area contributed by atoms with E-state index in [0.717, 1.165) is 45.1 Å². The van der Waals surface area contributed by atoms with E-state index in [0.29, 0.717) is 10.9 Å². The van der Waals surface area contributed by atoms with Crippen LogP contribution < -0.4 is 21.5 Å². The molecule has 0 spiro atoms. The Morgan fingerprint density at radius 2 is 1.51 bits per heavy atom. The lowest BCUT2D eigenvalue weighted by molar-refractivity contribution is 0.708. The lowest BCUT2D eigenvalue weighted by Gasteiger charge is -2.31. The molecule has 37 heavy (non-hydrogen) atoms. The second kappa shape index (κ2) is 8.27. The molecule has 7 nitrogen and oxygen atoms in total. The Balaban J connectivity index is 1.82. The molecular formula is C30H29N5O2. The number of nitrogens with zero attached hydrogens (tertiary/aromatic N) is 4. The summed E-state index contributed by atoms with van der Waals surface area (Å²) in [5, 5.41) is 4.26. The number of para-hydroxylation sites is 2. The lowest BCUT2D eigenvalue weighted by Crippen LogP contribution is -2.37. The third-order valence-electron chi connectivity index (χ3n) is 7.47. The van der Waals surface area contributed by atoms with E-state index in [2.05, 4.69) is 64.2 Å². The number of rotatable bonds is 3. The van der Waals surface area contributed by atoms with Gasteiger partial charge in [0.25, 0.3) is 5.56 Å². The zero-order valence-corrected chi connectivity index (χ0v) is 21.6. The lowest BCUT2D eigenvalue weighted by atomic mass is 9.99. The summed E-state index contributed by atoms with van der Waals surface area (Å²) < 4.78 is 5.00. The Morgan fingerprint density at radius 1 is 0.838 bits per heavy atom. The summed E-state index contributed by atoms with van der Waals surface area (Å²) in [5.74, 6) is 0. The van der Waals surface area contributed by atoms with Crippen LogP contribution in [0.2, 0.25) is 0 Å². The van der Waals surface area contributed by atoms with E-state index < -0.39 is 0 Å². The first-order valence-corrected chi connectivity index (χ1v) is 12.3. The summed E-state index contributed by atoms with van der Waals surface area (Å²) in [6.07, 6.45) is 0. The van der Waals surface area contributed by atoms with Crippen molar-refractivity contribution in [3.05, 3.63) is 110 Å². The number of nitrogens with one attached hydrogen (secondary N) is 1. The van der Waals surface area contributed by atoms with Crippen molar-refractivity contribution >= 4 is 22.3 Å². The van der Waals surface area contributed by atoms with Crippen LogP contribution in [-0.4, -0.2) is 27.8 Å². The first-order chi connectivity index (χ1) is 17.8. The van der Waals surface area contributed by atoms with Gasteiger partial charge in [-0.05, 0) is 42.3 Å². The monoisotopic (exact) mass is 491 g/mol. The number of aromatic nitrogens is 3. The Bertz CT molecular complexity index is 1810. The average Bonchev–Trinajstić information content (AvgIpc) is 3.27. The highest BCUT2D eigenvalue weighted by Crippen LogP contribution is 2.45. The number of hydrogen-bond acceptors (Lipinski definition) is 4. The fourth-order valence-corrected chi connectivity index (χ4v) is 5.53. The SMILES string of the molecule is Cc1ccccc1-c1c2c(=O)n(C)c(=O)n(C)c2c2n1-c1ccccc1N[C@H]2c1ccc(N(C)C)cc1. The molecule has 1 atom stereocenters. The van der Waals surface area contributed by atoms with Crippen LogP contribution in [0.5, 0.6) is 0 Å². The first kappa shape index (κ1) is 22.9. The van der Waals surface area contributed by atoms with Crippen molar-refractivity contribution in [2.45, 2.75) is 13.0 Å². The number of benzene rings is 3. The molecule has 0 fully saturated rings. The predicted molar refractivity (Wildman–Crippen MR) is 150 cm³/mol. The highest BCUT2D eigenvalue weighted by atomic mass is 16.2. The molecule has 0 amide bonds. The van der Waals surface area contributed by atoms with Gasteiger partial charge in [-0.15, -0.1) is 0 Å². The van der Waals surface area contributed by atoms with Crippen molar-refractivity contribution in [1.82, 2.24) is 13.7 Å². The van der Waals surface area contributed by atoms with Crippen LogP contribution in [0.25, 0.3) is 27.8 Å². The van der Waals surface area contributed by atoms with Crippen molar-refractivity contribution in [3.8, 4) is 16.9 Å². The first-order valence-electron chi connectivity index (χ1n) is 12.3. The summed E-state index contributed by atoms with van der Waals surface area (Å²) in [5.41, 5.74) is 7.78. The van der Waals surface area contributed by atoms with Gasteiger partial charge in [0.05, 0.1) is 39.7 Å². The maximum Gasteiger partial charge on any atom is 0.331 e. The van der Waals surface area contributed by atoms with Crippen LogP contribution in [0.4, 0.5) is 11.4 Å². The van der Waals surface area contributed by atoms with Crippen molar-refractivity contribution in [1.29, 1.82) is 0 Å². The molecule has 0 saturated heterocycles. The third kappa shape index (κ3) is 3.27. The quantitative estimate of drug-likeness (QED) is 0.401. The van der Waals surface area contributed by atoms with Gasteiger partial charge in [-0.1, -0.05) is 48.5 Å². The second-order valence-corrected chi connectivity index (χ2v) is 9.89.